The third-order valence-corrected chi connectivity index (χ3v) is 3.45. The SMILES string of the molecule is CC[n+]1cc2c(c3ccccc31)CCC2. The Kier molecular flexibility index (Phi) is 1.98. The molecule has 3 rings (SSSR count). The lowest BCUT2D eigenvalue weighted by atomic mass is 10.1. The highest BCUT2D eigenvalue weighted by atomic mass is 14.9. The molecule has 0 N–H and O–H groups in total. The molecule has 0 amide bonds. The predicted octanol–water partition coefficient (Wildman–Crippen LogP) is 2.64. The number of aryl methyl sites for hydroxylation is 3. The minimum Gasteiger partial charge on any atom is -0.198 e. The van der Waals surface area contributed by atoms with Crippen LogP contribution in [0, 0.1) is 0 Å². The normalized spacial score (nSPS) is 14.5. The van der Waals surface area contributed by atoms with E-state index >= 15 is 0 Å². The highest BCUT2D eigenvalue weighted by Crippen LogP contribution is 2.27. The first kappa shape index (κ1) is 8.90. The molecule has 76 valence electrons. The molecule has 1 heteroatoms. The molecule has 0 bridgehead atoms. The summed E-state index contributed by atoms with van der Waals surface area (Å²) in [5.41, 5.74) is 4.55. The lowest BCUT2D eigenvalue weighted by Gasteiger charge is -2.04. The first-order valence-corrected chi connectivity index (χ1v) is 5.83. The van der Waals surface area contributed by atoms with Crippen LogP contribution in [0.3, 0.4) is 0 Å². The van der Waals surface area contributed by atoms with Gasteiger partial charge < -0.3 is 0 Å². The molecular formula is C14H16N+. The molecule has 0 spiro atoms. The highest BCUT2D eigenvalue weighted by Gasteiger charge is 2.20. The second-order valence-corrected chi connectivity index (χ2v) is 4.29. The highest BCUT2D eigenvalue weighted by molar-refractivity contribution is 5.80. The van der Waals surface area contributed by atoms with Crippen LogP contribution in [0.4, 0.5) is 0 Å². The average Bonchev–Trinajstić information content (AvgIpc) is 2.76. The number of hydrogen-bond donors (Lipinski definition) is 0. The Hall–Kier alpha value is -1.37. The van der Waals surface area contributed by atoms with Crippen molar-refractivity contribution in [2.45, 2.75) is 32.7 Å². The zero-order chi connectivity index (χ0) is 10.3. The number of pyridine rings is 1. The van der Waals surface area contributed by atoms with Crippen LogP contribution >= 0.6 is 0 Å². The standard InChI is InChI=1S/C14H16N/c1-2-15-10-11-6-5-8-12(11)13-7-3-4-9-14(13)15/h3-4,7,9-10H,2,5-6,8H2,1H3/q+1. The number of nitrogens with zero attached hydrogens (tertiary/aromatic N) is 1. The Morgan fingerprint density at radius 1 is 1.20 bits per heavy atom. The van der Waals surface area contributed by atoms with Crippen molar-refractivity contribution < 1.29 is 4.57 Å². The summed E-state index contributed by atoms with van der Waals surface area (Å²) in [6, 6.07) is 8.79. The molecule has 1 aliphatic rings. The van der Waals surface area contributed by atoms with Gasteiger partial charge >= 0.3 is 0 Å². The Balaban J connectivity index is 2.41. The maximum atomic E-state index is 2.37. The summed E-state index contributed by atoms with van der Waals surface area (Å²) in [6.45, 7) is 3.28. The van der Waals surface area contributed by atoms with Gasteiger partial charge in [-0.3, -0.25) is 0 Å². The molecular weight excluding hydrogens is 182 g/mol. The van der Waals surface area contributed by atoms with Gasteiger partial charge in [-0.1, -0.05) is 12.1 Å². The van der Waals surface area contributed by atoms with Crippen LogP contribution in [0.1, 0.15) is 24.5 Å². The lowest BCUT2D eigenvalue weighted by Crippen LogP contribution is -2.33. The number of hydrogen-bond acceptors (Lipinski definition) is 0. The molecule has 0 atom stereocenters. The van der Waals surface area contributed by atoms with Gasteiger partial charge in [-0.05, 0) is 37.8 Å². The number of para-hydroxylation sites is 1. The molecule has 0 saturated heterocycles. The van der Waals surface area contributed by atoms with E-state index in [-0.39, 0.29) is 0 Å². The first-order chi connectivity index (χ1) is 7.40. The van der Waals surface area contributed by atoms with Gasteiger partial charge in [0.2, 0.25) is 5.52 Å². The van der Waals surface area contributed by atoms with Crippen molar-refractivity contribution in [2.24, 2.45) is 0 Å². The van der Waals surface area contributed by atoms with E-state index in [0.717, 1.165) is 6.54 Å². The van der Waals surface area contributed by atoms with Gasteiger partial charge in [0.15, 0.2) is 6.20 Å². The van der Waals surface area contributed by atoms with E-state index in [1.54, 1.807) is 11.1 Å². The summed E-state index contributed by atoms with van der Waals surface area (Å²) in [4.78, 5) is 0. The van der Waals surface area contributed by atoms with E-state index in [1.807, 2.05) is 0 Å². The van der Waals surface area contributed by atoms with Crippen LogP contribution in [-0.4, -0.2) is 0 Å². The summed E-state index contributed by atoms with van der Waals surface area (Å²) < 4.78 is 2.37. The predicted molar refractivity (Wildman–Crippen MR) is 61.8 cm³/mol. The summed E-state index contributed by atoms with van der Waals surface area (Å²) >= 11 is 0. The molecule has 1 aromatic carbocycles. The Bertz CT molecular complexity index is 514. The van der Waals surface area contributed by atoms with Gasteiger partial charge in [-0.15, -0.1) is 0 Å². The van der Waals surface area contributed by atoms with E-state index < -0.39 is 0 Å². The molecule has 1 aliphatic carbocycles. The lowest BCUT2D eigenvalue weighted by molar-refractivity contribution is -0.668. The number of aromatic nitrogens is 1. The molecule has 1 heterocycles. The van der Waals surface area contributed by atoms with Crippen molar-refractivity contribution in [2.75, 3.05) is 0 Å². The van der Waals surface area contributed by atoms with Crippen molar-refractivity contribution in [3.8, 4) is 0 Å². The minimum atomic E-state index is 1.06. The van der Waals surface area contributed by atoms with Gasteiger partial charge in [-0.25, -0.2) is 0 Å². The Morgan fingerprint density at radius 2 is 2.07 bits per heavy atom. The third kappa shape index (κ3) is 1.26. The van der Waals surface area contributed by atoms with Gasteiger partial charge in [0, 0.05) is 17.0 Å². The fraction of sp³-hybridized carbons (Fsp3) is 0.357. The monoisotopic (exact) mass is 198 g/mol. The topological polar surface area (TPSA) is 3.88 Å². The van der Waals surface area contributed by atoms with Crippen molar-refractivity contribution in [3.63, 3.8) is 0 Å². The first-order valence-electron chi connectivity index (χ1n) is 5.83. The number of rotatable bonds is 1. The fourth-order valence-corrected chi connectivity index (χ4v) is 2.72. The fourth-order valence-electron chi connectivity index (χ4n) is 2.72. The number of fused-ring (bicyclic) bond motifs is 3. The molecule has 0 saturated carbocycles. The van der Waals surface area contributed by atoms with Crippen molar-refractivity contribution in [1.82, 2.24) is 0 Å². The molecule has 0 aliphatic heterocycles. The van der Waals surface area contributed by atoms with E-state index in [0.29, 0.717) is 0 Å². The summed E-state index contributed by atoms with van der Waals surface area (Å²) in [6.07, 6.45) is 6.21. The van der Waals surface area contributed by atoms with Gasteiger partial charge in [0.1, 0.15) is 6.54 Å². The summed E-state index contributed by atoms with van der Waals surface area (Å²) in [7, 11) is 0. The zero-order valence-corrected chi connectivity index (χ0v) is 9.16. The van der Waals surface area contributed by atoms with Crippen LogP contribution in [0.15, 0.2) is 30.5 Å². The summed E-state index contributed by atoms with van der Waals surface area (Å²) in [5, 5.41) is 1.47. The molecule has 1 nitrogen and oxygen atoms in total. The second kappa shape index (κ2) is 3.34. The third-order valence-electron chi connectivity index (χ3n) is 3.45. The van der Waals surface area contributed by atoms with Crippen LogP contribution in [-0.2, 0) is 19.4 Å². The van der Waals surface area contributed by atoms with Crippen LogP contribution in [0.5, 0.6) is 0 Å². The summed E-state index contributed by atoms with van der Waals surface area (Å²) in [5.74, 6) is 0. The van der Waals surface area contributed by atoms with E-state index in [1.165, 1.54) is 30.2 Å². The number of benzene rings is 1. The molecule has 0 radical (unpaired) electrons. The van der Waals surface area contributed by atoms with Gasteiger partial charge in [0.25, 0.3) is 0 Å². The van der Waals surface area contributed by atoms with Crippen LogP contribution < -0.4 is 4.57 Å². The zero-order valence-electron chi connectivity index (χ0n) is 9.16. The molecule has 0 unspecified atom stereocenters. The van der Waals surface area contributed by atoms with Gasteiger partial charge in [0.05, 0.1) is 0 Å². The molecule has 0 fully saturated rings. The van der Waals surface area contributed by atoms with Crippen molar-refractivity contribution in [3.05, 3.63) is 41.6 Å². The largest absolute Gasteiger partial charge is 0.212 e. The smallest absolute Gasteiger partial charge is 0.198 e. The van der Waals surface area contributed by atoms with Crippen molar-refractivity contribution in [1.29, 1.82) is 0 Å². The second-order valence-electron chi connectivity index (χ2n) is 4.29. The van der Waals surface area contributed by atoms with Crippen LogP contribution in [0.2, 0.25) is 0 Å². The quantitative estimate of drug-likeness (QED) is 0.620. The maximum absolute atomic E-state index is 2.37. The van der Waals surface area contributed by atoms with Crippen molar-refractivity contribution >= 4 is 10.9 Å². The van der Waals surface area contributed by atoms with Crippen LogP contribution in [0.25, 0.3) is 10.9 Å². The molecule has 1 aromatic heterocycles. The van der Waals surface area contributed by atoms with E-state index in [2.05, 4.69) is 42.0 Å². The van der Waals surface area contributed by atoms with Gasteiger partial charge in [-0.2, -0.15) is 4.57 Å². The average molecular weight is 198 g/mol. The maximum Gasteiger partial charge on any atom is 0.212 e. The van der Waals surface area contributed by atoms with E-state index in [9.17, 15) is 0 Å². The molecule has 2 aromatic rings. The molecule has 15 heavy (non-hydrogen) atoms. The van der Waals surface area contributed by atoms with E-state index in [4.69, 9.17) is 0 Å². The minimum absolute atomic E-state index is 1.06. The Morgan fingerprint density at radius 3 is 2.93 bits per heavy atom. The Labute approximate surface area is 90.4 Å².